The van der Waals surface area contributed by atoms with Gasteiger partial charge in [0.2, 0.25) is 0 Å². The number of benzene rings is 2. The van der Waals surface area contributed by atoms with Crippen molar-refractivity contribution >= 4 is 21.6 Å². The highest BCUT2D eigenvalue weighted by molar-refractivity contribution is 8.76. The van der Waals surface area contributed by atoms with Crippen molar-refractivity contribution < 1.29 is 5.11 Å². The second-order valence-electron chi connectivity index (χ2n) is 13.4. The zero-order valence-electron chi connectivity index (χ0n) is 23.9. The molecule has 1 aliphatic heterocycles. The van der Waals surface area contributed by atoms with Crippen LogP contribution >= 0.6 is 21.6 Å². The van der Waals surface area contributed by atoms with Crippen LogP contribution in [0.4, 0.5) is 0 Å². The lowest BCUT2D eigenvalue weighted by Crippen LogP contribution is -2.47. The van der Waals surface area contributed by atoms with Crippen molar-refractivity contribution in [1.29, 1.82) is 0 Å². The van der Waals surface area contributed by atoms with Crippen LogP contribution in [0.25, 0.3) is 0 Å². The summed E-state index contributed by atoms with van der Waals surface area (Å²) in [5.41, 5.74) is 5.76. The molecule has 4 bridgehead atoms. The van der Waals surface area contributed by atoms with Crippen molar-refractivity contribution in [2.24, 2.45) is 35.0 Å². The lowest BCUT2D eigenvalue weighted by molar-refractivity contribution is -0.0224. The van der Waals surface area contributed by atoms with E-state index in [0.29, 0.717) is 17.2 Å². The Hall–Kier alpha value is -1.36. The number of fused-ring (bicyclic) bond motifs is 8. The van der Waals surface area contributed by atoms with Crippen LogP contribution < -0.4 is 5.32 Å². The monoisotopic (exact) mass is 561 g/mol. The van der Waals surface area contributed by atoms with Gasteiger partial charge in [-0.3, -0.25) is 0 Å². The average Bonchev–Trinajstić information content (AvgIpc) is 2.90. The molecule has 2 fully saturated rings. The highest BCUT2D eigenvalue weighted by Gasteiger charge is 2.50. The van der Waals surface area contributed by atoms with Gasteiger partial charge < -0.3 is 10.4 Å². The Morgan fingerprint density at radius 1 is 0.974 bits per heavy atom. The Kier molecular flexibility index (Phi) is 8.73. The average molecular weight is 562 g/mol. The largest absolute Gasteiger partial charge is 0.508 e. The van der Waals surface area contributed by atoms with Gasteiger partial charge in [-0.05, 0) is 128 Å². The Balaban J connectivity index is 1.33. The van der Waals surface area contributed by atoms with E-state index in [1.165, 1.54) is 73.0 Å². The molecule has 2 saturated carbocycles. The maximum absolute atomic E-state index is 10.8. The molecule has 210 valence electrons. The lowest BCUT2D eigenvalue weighted by Gasteiger charge is -2.55. The molecular weight excluding hydrogens is 515 g/mol. The summed E-state index contributed by atoms with van der Waals surface area (Å²) in [5.74, 6) is 6.84. The van der Waals surface area contributed by atoms with E-state index in [1.807, 2.05) is 6.07 Å². The van der Waals surface area contributed by atoms with E-state index in [4.69, 9.17) is 0 Å². The molecule has 7 atom stereocenters. The summed E-state index contributed by atoms with van der Waals surface area (Å²) in [7, 11) is 4.20. The summed E-state index contributed by atoms with van der Waals surface area (Å²) in [6, 6.07) is 15.8. The number of phenols is 1. The van der Waals surface area contributed by atoms with Crippen LogP contribution in [-0.4, -0.2) is 22.7 Å². The van der Waals surface area contributed by atoms with Crippen LogP contribution in [-0.2, 0) is 19.4 Å². The molecule has 0 radical (unpaired) electrons. The van der Waals surface area contributed by atoms with Crippen LogP contribution in [0.15, 0.2) is 54.6 Å². The van der Waals surface area contributed by atoms with Gasteiger partial charge in [-0.1, -0.05) is 77.4 Å². The Bertz CT molecular complexity index is 1160. The summed E-state index contributed by atoms with van der Waals surface area (Å²) in [5, 5.41) is 14.6. The van der Waals surface area contributed by atoms with Gasteiger partial charge in [-0.15, -0.1) is 0 Å². The molecular formula is C35H47NOS2. The molecule has 6 rings (SSSR count). The van der Waals surface area contributed by atoms with E-state index >= 15 is 0 Å². The zero-order chi connectivity index (χ0) is 26.8. The van der Waals surface area contributed by atoms with Gasteiger partial charge in [-0.2, -0.15) is 0 Å². The molecule has 2 nitrogen and oxygen atoms in total. The third kappa shape index (κ3) is 6.44. The SMILES string of the molecule is C[C@H]1CC=C[C@@]2(CCC[C@@H]3[C@@H]4Cc5cc(O)cc(c5)Cc5ccccc5CN[C@H](C)CSSC[C@H](C4)C[C@@H]32)C1. The molecule has 2 aromatic carbocycles. The maximum atomic E-state index is 10.8. The van der Waals surface area contributed by atoms with Gasteiger partial charge in [0.1, 0.15) is 5.75 Å². The fraction of sp³-hybridized carbons (Fsp3) is 0.600. The zero-order valence-corrected chi connectivity index (χ0v) is 25.5. The molecule has 2 aromatic rings. The predicted molar refractivity (Wildman–Crippen MR) is 169 cm³/mol. The molecule has 2 N–H and O–H groups in total. The van der Waals surface area contributed by atoms with Crippen LogP contribution in [0.5, 0.6) is 5.75 Å². The summed E-state index contributed by atoms with van der Waals surface area (Å²) >= 11 is 0. The molecule has 3 aliphatic carbocycles. The van der Waals surface area contributed by atoms with Gasteiger partial charge in [0.25, 0.3) is 0 Å². The van der Waals surface area contributed by atoms with Crippen LogP contribution in [0.2, 0.25) is 0 Å². The first-order chi connectivity index (χ1) is 19.0. The highest BCUT2D eigenvalue weighted by Crippen LogP contribution is 2.59. The molecule has 0 amide bonds. The Labute approximate surface area is 244 Å². The number of rotatable bonds is 0. The lowest BCUT2D eigenvalue weighted by atomic mass is 9.50. The predicted octanol–water partition coefficient (Wildman–Crippen LogP) is 8.81. The minimum absolute atomic E-state index is 0.431. The third-order valence-corrected chi connectivity index (χ3v) is 13.1. The summed E-state index contributed by atoms with van der Waals surface area (Å²) < 4.78 is 0. The first-order valence-corrected chi connectivity index (χ1v) is 18.0. The number of phenolic OH excluding ortho intramolecular Hbond substituents is 1. The molecule has 0 aromatic heterocycles. The van der Waals surface area contributed by atoms with Gasteiger partial charge in [-0.25, -0.2) is 0 Å². The molecule has 1 heterocycles. The molecule has 4 heteroatoms. The quantitative estimate of drug-likeness (QED) is 0.249. The topological polar surface area (TPSA) is 32.3 Å². The van der Waals surface area contributed by atoms with E-state index in [0.717, 1.165) is 54.7 Å². The van der Waals surface area contributed by atoms with Crippen molar-refractivity contribution in [2.75, 3.05) is 11.5 Å². The smallest absolute Gasteiger partial charge is 0.116 e. The van der Waals surface area contributed by atoms with Crippen molar-refractivity contribution in [3.05, 3.63) is 76.9 Å². The van der Waals surface area contributed by atoms with E-state index in [9.17, 15) is 5.11 Å². The fourth-order valence-electron chi connectivity index (χ4n) is 8.70. The molecule has 4 aliphatic rings. The van der Waals surface area contributed by atoms with Crippen LogP contribution in [0.1, 0.15) is 81.0 Å². The first kappa shape index (κ1) is 27.8. The van der Waals surface area contributed by atoms with E-state index in [-0.39, 0.29) is 0 Å². The number of allylic oxidation sites excluding steroid dienone is 2. The summed E-state index contributed by atoms with van der Waals surface area (Å²) in [4.78, 5) is 0. The maximum Gasteiger partial charge on any atom is 0.116 e. The minimum Gasteiger partial charge on any atom is -0.508 e. The highest BCUT2D eigenvalue weighted by atomic mass is 33.1. The molecule has 0 unspecified atom stereocenters. The van der Waals surface area contributed by atoms with E-state index < -0.39 is 0 Å². The normalized spacial score (nSPS) is 35.5. The summed E-state index contributed by atoms with van der Waals surface area (Å²) in [6.45, 7) is 5.71. The fourth-order valence-corrected chi connectivity index (χ4v) is 11.4. The van der Waals surface area contributed by atoms with Gasteiger partial charge in [0.05, 0.1) is 0 Å². The van der Waals surface area contributed by atoms with Crippen LogP contribution in [0, 0.1) is 35.0 Å². The van der Waals surface area contributed by atoms with Crippen molar-refractivity contribution in [2.45, 2.75) is 84.2 Å². The third-order valence-electron chi connectivity index (χ3n) is 10.4. The van der Waals surface area contributed by atoms with Gasteiger partial charge in [0, 0.05) is 24.1 Å². The molecule has 0 saturated heterocycles. The number of hydrogen-bond donors (Lipinski definition) is 2. The minimum atomic E-state index is 0.431. The number of aromatic hydroxyl groups is 1. The second kappa shape index (κ2) is 12.2. The molecule has 1 spiro atoms. The Morgan fingerprint density at radius 2 is 1.79 bits per heavy atom. The molecule has 39 heavy (non-hydrogen) atoms. The van der Waals surface area contributed by atoms with Gasteiger partial charge >= 0.3 is 0 Å². The van der Waals surface area contributed by atoms with Gasteiger partial charge in [0.15, 0.2) is 0 Å². The van der Waals surface area contributed by atoms with E-state index in [1.54, 1.807) is 0 Å². The van der Waals surface area contributed by atoms with Crippen molar-refractivity contribution in [3.63, 3.8) is 0 Å². The first-order valence-electron chi connectivity index (χ1n) is 15.5. The van der Waals surface area contributed by atoms with E-state index in [2.05, 4.69) is 89.3 Å². The number of hydrogen-bond acceptors (Lipinski definition) is 4. The number of nitrogens with one attached hydrogen (secondary N) is 1. The second-order valence-corrected chi connectivity index (χ2v) is 16.0. The van der Waals surface area contributed by atoms with Crippen LogP contribution in [0.3, 0.4) is 0 Å². The standard InChI is InChI=1S/C35H47NOS2/c1-24-7-5-11-35(20-24)12-6-10-33-31-15-27-13-26(17-32(37)18-27)14-29-8-3-4-9-30(29)21-36-25(2)22-38-39-23-28(16-31)19-34(33)35/h3-5,8-9,11,13,17-18,24-25,28,31,33-34,36-37H,6-7,10,12,14-16,19-23H2,1-2H3/t24-,25+,28+,31+,33+,34-,35+/m0/s1. The summed E-state index contributed by atoms with van der Waals surface area (Å²) in [6.07, 6.45) is 16.8. The Morgan fingerprint density at radius 3 is 2.67 bits per heavy atom. The van der Waals surface area contributed by atoms with Crippen molar-refractivity contribution in [3.8, 4) is 5.75 Å². The van der Waals surface area contributed by atoms with Crippen molar-refractivity contribution in [1.82, 2.24) is 5.32 Å².